The lowest BCUT2D eigenvalue weighted by Gasteiger charge is -2.34. The molecular weight excluding hydrogens is 323 g/mol. The lowest BCUT2D eigenvalue weighted by Crippen LogP contribution is -2.44. The zero-order valence-corrected chi connectivity index (χ0v) is 14.4. The number of imidazole rings is 1. The Morgan fingerprint density at radius 1 is 1.36 bits per heavy atom. The molecule has 7 heteroatoms. The number of benzene rings is 1. The van der Waals surface area contributed by atoms with Crippen molar-refractivity contribution in [1.29, 1.82) is 0 Å². The van der Waals surface area contributed by atoms with Crippen molar-refractivity contribution in [2.45, 2.75) is 26.1 Å². The second-order valence-electron chi connectivity index (χ2n) is 5.99. The minimum atomic E-state index is -0.568. The number of aryl methyl sites for hydroxylation is 1. The van der Waals surface area contributed by atoms with Crippen LogP contribution in [-0.2, 0) is 16.6 Å². The molecule has 0 bridgehead atoms. The topological polar surface area (TPSA) is 68.5 Å². The molecule has 3 unspecified atom stereocenters. The summed E-state index contributed by atoms with van der Waals surface area (Å²) in [5.74, 6) is -0.488. The average Bonchev–Trinajstić information content (AvgIpc) is 3.01. The Hall–Kier alpha value is -2.54. The first-order chi connectivity index (χ1) is 12.0. The molecule has 25 heavy (non-hydrogen) atoms. The fraction of sp³-hybridized carbons (Fsp3) is 0.389. The van der Waals surface area contributed by atoms with Crippen LogP contribution in [0, 0.1) is 11.7 Å². The third-order valence-electron chi connectivity index (χ3n) is 4.33. The van der Waals surface area contributed by atoms with Crippen molar-refractivity contribution in [2.24, 2.45) is 18.0 Å². The molecule has 3 atom stereocenters. The van der Waals surface area contributed by atoms with Crippen LogP contribution in [0.3, 0.4) is 0 Å². The van der Waals surface area contributed by atoms with Gasteiger partial charge in [0.15, 0.2) is 6.17 Å². The highest BCUT2D eigenvalue weighted by molar-refractivity contribution is 6.02. The highest BCUT2D eigenvalue weighted by Crippen LogP contribution is 2.33. The second kappa shape index (κ2) is 7.14. The van der Waals surface area contributed by atoms with Gasteiger partial charge >= 0.3 is 5.97 Å². The molecule has 1 aliphatic heterocycles. The van der Waals surface area contributed by atoms with Gasteiger partial charge in [-0.2, -0.15) is 0 Å². The maximum atomic E-state index is 13.3. The number of aromatic nitrogens is 2. The van der Waals surface area contributed by atoms with Crippen LogP contribution in [-0.4, -0.2) is 27.8 Å². The van der Waals surface area contributed by atoms with Crippen LogP contribution < -0.4 is 5.32 Å². The van der Waals surface area contributed by atoms with E-state index in [1.807, 2.05) is 24.7 Å². The van der Waals surface area contributed by atoms with E-state index in [1.165, 1.54) is 12.1 Å². The van der Waals surface area contributed by atoms with Crippen molar-refractivity contribution in [3.05, 3.63) is 53.9 Å². The number of ether oxygens (including phenoxy) is 1. The molecule has 1 N–H and O–H groups in total. The van der Waals surface area contributed by atoms with Crippen LogP contribution in [0.4, 0.5) is 4.39 Å². The van der Waals surface area contributed by atoms with E-state index in [4.69, 9.17) is 4.74 Å². The van der Waals surface area contributed by atoms with Crippen LogP contribution in [0.25, 0.3) is 0 Å². The fourth-order valence-corrected chi connectivity index (χ4v) is 3.10. The van der Waals surface area contributed by atoms with Crippen LogP contribution in [0.15, 0.2) is 41.7 Å². The summed E-state index contributed by atoms with van der Waals surface area (Å²) in [6.45, 7) is 3.88. The van der Waals surface area contributed by atoms with E-state index >= 15 is 0 Å². The van der Waals surface area contributed by atoms with Crippen LogP contribution in [0.5, 0.6) is 0 Å². The molecule has 0 aliphatic carbocycles. The molecule has 0 radical (unpaired) electrons. The standard InChI is InChI=1S/C18H21FN4O2/c1-4-25-18(24)14-11(2)21-16(17-20-9-10-23(17)3)22-15(14)12-5-7-13(19)8-6-12/h5-10,14-16,22H,4H2,1-3H3. The van der Waals surface area contributed by atoms with Gasteiger partial charge in [-0.25, -0.2) is 9.37 Å². The van der Waals surface area contributed by atoms with Gasteiger partial charge in [0.25, 0.3) is 0 Å². The van der Waals surface area contributed by atoms with Crippen LogP contribution in [0.1, 0.15) is 37.4 Å². The third-order valence-corrected chi connectivity index (χ3v) is 4.33. The molecule has 0 saturated heterocycles. The summed E-state index contributed by atoms with van der Waals surface area (Å²) in [5, 5.41) is 3.36. The van der Waals surface area contributed by atoms with E-state index in [0.717, 1.165) is 11.4 Å². The first-order valence-corrected chi connectivity index (χ1v) is 8.21. The lowest BCUT2D eigenvalue weighted by molar-refractivity contribution is -0.146. The van der Waals surface area contributed by atoms with Crippen LogP contribution in [0.2, 0.25) is 0 Å². The summed E-state index contributed by atoms with van der Waals surface area (Å²) in [6.07, 6.45) is 3.15. The summed E-state index contributed by atoms with van der Waals surface area (Å²) >= 11 is 0. The van der Waals surface area contributed by atoms with Crippen molar-refractivity contribution < 1.29 is 13.9 Å². The van der Waals surface area contributed by atoms with Crippen molar-refractivity contribution in [3.8, 4) is 0 Å². The van der Waals surface area contributed by atoms with Crippen molar-refractivity contribution >= 4 is 11.7 Å². The number of nitrogens with one attached hydrogen (secondary N) is 1. The molecule has 6 nitrogen and oxygen atoms in total. The normalized spacial score (nSPS) is 23.2. The first kappa shape index (κ1) is 17.3. The molecular formula is C18H21FN4O2. The molecule has 2 aromatic rings. The summed E-state index contributed by atoms with van der Waals surface area (Å²) in [6, 6.07) is 5.74. The number of hydrogen-bond acceptors (Lipinski definition) is 5. The van der Waals surface area contributed by atoms with Gasteiger partial charge in [-0.05, 0) is 31.5 Å². The van der Waals surface area contributed by atoms with E-state index in [0.29, 0.717) is 12.3 Å². The van der Waals surface area contributed by atoms with Gasteiger partial charge in [-0.3, -0.25) is 15.1 Å². The van der Waals surface area contributed by atoms with E-state index < -0.39 is 5.92 Å². The van der Waals surface area contributed by atoms with Gasteiger partial charge in [0, 0.05) is 25.2 Å². The number of aliphatic imine (C=N–C) groups is 1. The van der Waals surface area contributed by atoms with E-state index in [2.05, 4.69) is 15.3 Å². The van der Waals surface area contributed by atoms with Crippen molar-refractivity contribution in [2.75, 3.05) is 6.61 Å². The SMILES string of the molecule is CCOC(=O)C1C(C)=NC(c2nccn2C)NC1c1ccc(F)cc1. The molecule has 2 heterocycles. The Morgan fingerprint density at radius 2 is 2.08 bits per heavy atom. The number of hydrogen-bond donors (Lipinski definition) is 1. The Balaban J connectivity index is 2.01. The molecule has 1 aromatic carbocycles. The van der Waals surface area contributed by atoms with Gasteiger partial charge in [0.05, 0.1) is 12.6 Å². The monoisotopic (exact) mass is 344 g/mol. The van der Waals surface area contributed by atoms with Gasteiger partial charge in [-0.1, -0.05) is 12.1 Å². The molecule has 3 rings (SSSR count). The molecule has 0 fully saturated rings. The zero-order chi connectivity index (χ0) is 18.0. The Labute approximate surface area is 145 Å². The third kappa shape index (κ3) is 3.46. The number of nitrogens with zero attached hydrogens (tertiary/aromatic N) is 3. The quantitative estimate of drug-likeness (QED) is 0.866. The number of carbonyl (C=O) groups excluding carboxylic acids is 1. The predicted molar refractivity (Wildman–Crippen MR) is 91.5 cm³/mol. The maximum Gasteiger partial charge on any atom is 0.316 e. The Bertz CT molecular complexity index is 785. The summed E-state index contributed by atoms with van der Waals surface area (Å²) in [4.78, 5) is 21.4. The van der Waals surface area contributed by atoms with Gasteiger partial charge in [0.2, 0.25) is 0 Å². The molecule has 1 aliphatic rings. The number of rotatable bonds is 4. The first-order valence-electron chi connectivity index (χ1n) is 8.21. The average molecular weight is 344 g/mol. The molecule has 0 amide bonds. The van der Waals surface area contributed by atoms with Crippen molar-refractivity contribution in [3.63, 3.8) is 0 Å². The molecule has 132 valence electrons. The van der Waals surface area contributed by atoms with Gasteiger partial charge in [-0.15, -0.1) is 0 Å². The van der Waals surface area contributed by atoms with E-state index in [1.54, 1.807) is 25.3 Å². The van der Waals surface area contributed by atoms with E-state index in [-0.39, 0.29) is 24.0 Å². The van der Waals surface area contributed by atoms with Crippen molar-refractivity contribution in [1.82, 2.24) is 14.9 Å². The highest BCUT2D eigenvalue weighted by Gasteiger charge is 2.39. The second-order valence-corrected chi connectivity index (χ2v) is 5.99. The number of carbonyl (C=O) groups is 1. The molecule has 1 aromatic heterocycles. The Morgan fingerprint density at radius 3 is 2.68 bits per heavy atom. The van der Waals surface area contributed by atoms with Crippen LogP contribution >= 0.6 is 0 Å². The summed E-state index contributed by atoms with van der Waals surface area (Å²) < 4.78 is 20.4. The highest BCUT2D eigenvalue weighted by atomic mass is 19.1. The number of halogens is 1. The zero-order valence-electron chi connectivity index (χ0n) is 14.4. The lowest BCUT2D eigenvalue weighted by atomic mass is 9.87. The summed E-state index contributed by atoms with van der Waals surface area (Å²) in [5.41, 5.74) is 1.47. The summed E-state index contributed by atoms with van der Waals surface area (Å²) in [7, 11) is 1.89. The largest absolute Gasteiger partial charge is 0.465 e. The molecule has 0 spiro atoms. The van der Waals surface area contributed by atoms with Gasteiger partial charge < -0.3 is 9.30 Å². The minimum Gasteiger partial charge on any atom is -0.465 e. The van der Waals surface area contributed by atoms with E-state index in [9.17, 15) is 9.18 Å². The smallest absolute Gasteiger partial charge is 0.316 e. The van der Waals surface area contributed by atoms with Gasteiger partial charge in [0.1, 0.15) is 17.6 Å². The number of esters is 1. The fourth-order valence-electron chi connectivity index (χ4n) is 3.10. The molecule has 0 saturated carbocycles. The predicted octanol–water partition coefficient (Wildman–Crippen LogP) is 2.54. The maximum absolute atomic E-state index is 13.3. The minimum absolute atomic E-state index is 0.293. The Kier molecular flexibility index (Phi) is 4.94.